The lowest BCUT2D eigenvalue weighted by Gasteiger charge is -2.11. The van der Waals surface area contributed by atoms with E-state index in [0.29, 0.717) is 15.4 Å². The Morgan fingerprint density at radius 2 is 1.83 bits per heavy atom. The molecule has 0 aliphatic heterocycles. The fourth-order valence-corrected chi connectivity index (χ4v) is 4.46. The summed E-state index contributed by atoms with van der Waals surface area (Å²) in [6, 6.07) is 10.2. The lowest BCUT2D eigenvalue weighted by Crippen LogP contribution is -2.14. The van der Waals surface area contributed by atoms with Crippen LogP contribution < -0.4 is 5.32 Å². The van der Waals surface area contributed by atoms with Gasteiger partial charge < -0.3 is 9.88 Å². The average Bonchev–Trinajstić information content (AvgIpc) is 3.28. The monoisotopic (exact) mass is 415 g/mol. The van der Waals surface area contributed by atoms with Gasteiger partial charge in [0, 0.05) is 29.2 Å². The van der Waals surface area contributed by atoms with Crippen molar-refractivity contribution < 1.29 is 18.0 Å². The fraction of sp³-hybridized carbons (Fsp3) is 0.143. The first kappa shape index (κ1) is 19.2. The van der Waals surface area contributed by atoms with E-state index in [-0.39, 0.29) is 5.69 Å². The maximum atomic E-state index is 13.0. The lowest BCUT2D eigenvalue weighted by molar-refractivity contribution is -0.137. The van der Waals surface area contributed by atoms with E-state index in [1.165, 1.54) is 23.5 Å². The van der Waals surface area contributed by atoms with E-state index < -0.39 is 17.6 Å². The van der Waals surface area contributed by atoms with Gasteiger partial charge in [-0.15, -0.1) is 11.3 Å². The number of rotatable bonds is 3. The molecule has 0 fully saturated rings. The summed E-state index contributed by atoms with van der Waals surface area (Å²) in [5.41, 5.74) is 1.75. The topological polar surface area (TPSA) is 46.9 Å². The van der Waals surface area contributed by atoms with Crippen LogP contribution in [0.15, 0.2) is 54.9 Å². The molecule has 3 aromatic heterocycles. The standard InChI is InChI=1S/C21H16F3N3OS/c1-12-10-13(2)25-20-16(12)17(27-8-3-4-9-27)18(29-20)19(28)26-15-7-5-6-14(11-15)21(22,23)24/h3-11H,1-2H3,(H,26,28). The van der Waals surface area contributed by atoms with Crippen molar-refractivity contribution in [3.8, 4) is 5.69 Å². The van der Waals surface area contributed by atoms with Gasteiger partial charge in [0.15, 0.2) is 0 Å². The van der Waals surface area contributed by atoms with Gasteiger partial charge in [-0.1, -0.05) is 6.07 Å². The first-order valence-corrected chi connectivity index (χ1v) is 9.58. The summed E-state index contributed by atoms with van der Waals surface area (Å²) in [5.74, 6) is -0.479. The smallest absolute Gasteiger partial charge is 0.322 e. The number of halogens is 3. The molecule has 4 rings (SSSR count). The third-order valence-electron chi connectivity index (χ3n) is 4.48. The molecular weight excluding hydrogens is 399 g/mol. The van der Waals surface area contributed by atoms with Crippen LogP contribution in [0.2, 0.25) is 0 Å². The molecule has 0 aliphatic rings. The average molecular weight is 415 g/mol. The predicted molar refractivity (Wildman–Crippen MR) is 108 cm³/mol. The first-order valence-electron chi connectivity index (χ1n) is 8.77. The Bertz CT molecular complexity index is 1210. The molecule has 4 aromatic rings. The van der Waals surface area contributed by atoms with Crippen molar-refractivity contribution in [1.29, 1.82) is 0 Å². The number of benzene rings is 1. The second kappa shape index (κ2) is 7.04. The number of aromatic nitrogens is 2. The second-order valence-electron chi connectivity index (χ2n) is 6.66. The quantitative estimate of drug-likeness (QED) is 0.448. The van der Waals surface area contributed by atoms with E-state index in [9.17, 15) is 18.0 Å². The Morgan fingerprint density at radius 3 is 2.52 bits per heavy atom. The minimum absolute atomic E-state index is 0.0848. The lowest BCUT2D eigenvalue weighted by atomic mass is 10.1. The van der Waals surface area contributed by atoms with Gasteiger partial charge in [0.2, 0.25) is 0 Å². The van der Waals surface area contributed by atoms with Gasteiger partial charge in [-0.2, -0.15) is 13.2 Å². The number of carbonyl (C=O) groups is 1. The molecule has 0 radical (unpaired) electrons. The van der Waals surface area contributed by atoms with Crippen molar-refractivity contribution in [2.75, 3.05) is 5.32 Å². The van der Waals surface area contributed by atoms with Crippen molar-refractivity contribution in [3.63, 3.8) is 0 Å². The minimum Gasteiger partial charge on any atom is -0.322 e. The van der Waals surface area contributed by atoms with Crippen LogP contribution in [0, 0.1) is 13.8 Å². The third kappa shape index (κ3) is 3.63. The highest BCUT2D eigenvalue weighted by molar-refractivity contribution is 7.21. The summed E-state index contributed by atoms with van der Waals surface area (Å²) in [6.07, 6.45) is -0.836. The Kier molecular flexibility index (Phi) is 4.66. The molecule has 0 bridgehead atoms. The van der Waals surface area contributed by atoms with E-state index in [1.807, 2.05) is 49.0 Å². The zero-order valence-corrected chi connectivity index (χ0v) is 16.4. The van der Waals surface area contributed by atoms with Gasteiger partial charge in [-0.25, -0.2) is 4.98 Å². The van der Waals surface area contributed by atoms with Crippen LogP contribution in [-0.4, -0.2) is 15.5 Å². The molecule has 0 saturated heterocycles. The summed E-state index contributed by atoms with van der Waals surface area (Å²) in [5, 5.41) is 3.45. The van der Waals surface area contributed by atoms with E-state index >= 15 is 0 Å². The summed E-state index contributed by atoms with van der Waals surface area (Å²) >= 11 is 1.22. The molecule has 1 amide bonds. The maximum absolute atomic E-state index is 13.0. The van der Waals surface area contributed by atoms with Crippen LogP contribution in [0.4, 0.5) is 18.9 Å². The Morgan fingerprint density at radius 1 is 1.10 bits per heavy atom. The van der Waals surface area contributed by atoms with E-state index in [1.54, 1.807) is 0 Å². The van der Waals surface area contributed by atoms with Crippen LogP contribution in [0.25, 0.3) is 15.9 Å². The number of anilines is 1. The SMILES string of the molecule is Cc1cc(C)c2c(-n3cccc3)c(C(=O)Nc3cccc(C(F)(F)F)c3)sc2n1. The largest absolute Gasteiger partial charge is 0.416 e. The highest BCUT2D eigenvalue weighted by Gasteiger charge is 2.30. The van der Waals surface area contributed by atoms with Gasteiger partial charge in [0.05, 0.1) is 11.3 Å². The third-order valence-corrected chi connectivity index (χ3v) is 5.55. The molecule has 3 heterocycles. The van der Waals surface area contributed by atoms with Gasteiger partial charge >= 0.3 is 6.18 Å². The van der Waals surface area contributed by atoms with Crippen molar-refractivity contribution in [3.05, 3.63) is 76.6 Å². The molecule has 148 valence electrons. The van der Waals surface area contributed by atoms with E-state index in [0.717, 1.165) is 28.8 Å². The van der Waals surface area contributed by atoms with Gasteiger partial charge in [0.25, 0.3) is 5.91 Å². The van der Waals surface area contributed by atoms with Crippen LogP contribution in [0.3, 0.4) is 0 Å². The summed E-state index contributed by atoms with van der Waals surface area (Å²) in [4.78, 5) is 18.7. The molecule has 4 nitrogen and oxygen atoms in total. The van der Waals surface area contributed by atoms with Crippen LogP contribution in [0.5, 0.6) is 0 Å². The molecule has 0 atom stereocenters. The number of hydrogen-bond acceptors (Lipinski definition) is 3. The number of aryl methyl sites for hydroxylation is 2. The first-order chi connectivity index (χ1) is 13.7. The molecule has 1 aromatic carbocycles. The molecular formula is C21H16F3N3OS. The Hall–Kier alpha value is -3.13. The van der Waals surface area contributed by atoms with Gasteiger partial charge in [-0.3, -0.25) is 4.79 Å². The molecule has 0 spiro atoms. The molecule has 29 heavy (non-hydrogen) atoms. The highest BCUT2D eigenvalue weighted by atomic mass is 32.1. The number of alkyl halides is 3. The number of hydrogen-bond donors (Lipinski definition) is 1. The number of amides is 1. The van der Waals surface area contributed by atoms with Crippen molar-refractivity contribution in [1.82, 2.24) is 9.55 Å². The number of thiophene rings is 1. The van der Waals surface area contributed by atoms with E-state index in [4.69, 9.17) is 0 Å². The van der Waals surface area contributed by atoms with Crippen molar-refractivity contribution in [2.24, 2.45) is 0 Å². The molecule has 0 unspecified atom stereocenters. The van der Waals surface area contributed by atoms with Crippen LogP contribution >= 0.6 is 11.3 Å². The van der Waals surface area contributed by atoms with Gasteiger partial charge in [-0.05, 0) is 55.8 Å². The number of carbonyl (C=O) groups excluding carboxylic acids is 1. The fourth-order valence-electron chi connectivity index (χ4n) is 3.27. The highest BCUT2D eigenvalue weighted by Crippen LogP contribution is 2.37. The van der Waals surface area contributed by atoms with E-state index in [2.05, 4.69) is 10.3 Å². The van der Waals surface area contributed by atoms with Crippen molar-refractivity contribution in [2.45, 2.75) is 20.0 Å². The molecule has 1 N–H and O–H groups in total. The zero-order valence-electron chi connectivity index (χ0n) is 15.5. The number of nitrogens with one attached hydrogen (secondary N) is 1. The normalized spacial score (nSPS) is 11.8. The Balaban J connectivity index is 1.81. The Labute approximate surface area is 168 Å². The minimum atomic E-state index is -4.48. The molecule has 8 heteroatoms. The number of pyridine rings is 1. The van der Waals surface area contributed by atoms with Gasteiger partial charge in [0.1, 0.15) is 9.71 Å². The predicted octanol–water partition coefficient (Wildman–Crippen LogP) is 5.97. The summed E-state index contributed by atoms with van der Waals surface area (Å²) < 4.78 is 40.8. The second-order valence-corrected chi connectivity index (χ2v) is 7.66. The number of fused-ring (bicyclic) bond motifs is 1. The maximum Gasteiger partial charge on any atom is 0.416 e. The molecule has 0 aliphatic carbocycles. The summed E-state index contributed by atoms with van der Waals surface area (Å²) in [6.45, 7) is 3.83. The summed E-state index contributed by atoms with van der Waals surface area (Å²) in [7, 11) is 0. The van der Waals surface area contributed by atoms with Crippen LogP contribution in [-0.2, 0) is 6.18 Å². The zero-order chi connectivity index (χ0) is 20.8. The van der Waals surface area contributed by atoms with Crippen molar-refractivity contribution >= 4 is 33.1 Å². The molecule has 0 saturated carbocycles. The van der Waals surface area contributed by atoms with Crippen LogP contribution in [0.1, 0.15) is 26.5 Å². The number of nitrogens with zero attached hydrogens (tertiary/aromatic N) is 2.